The molecule has 1 rings (SSSR count). The molecule has 0 radical (unpaired) electrons. The molecule has 1 atom stereocenters. The van der Waals surface area contributed by atoms with Crippen molar-refractivity contribution in [3.63, 3.8) is 0 Å². The predicted molar refractivity (Wildman–Crippen MR) is 71.8 cm³/mol. The smallest absolute Gasteiger partial charge is 0.180 e. The van der Waals surface area contributed by atoms with Crippen LogP contribution in [0.2, 0.25) is 0 Å². The first-order valence-electron chi connectivity index (χ1n) is 5.88. The molecule has 0 aliphatic carbocycles. The summed E-state index contributed by atoms with van der Waals surface area (Å²) >= 11 is 0. The SMILES string of the molecule is COc1ccc(F)c(NC(C)(CN)C(OC)OC)c1. The second-order valence-electron chi connectivity index (χ2n) is 4.40. The maximum absolute atomic E-state index is 13.8. The number of hydrogen-bond donors (Lipinski definition) is 2. The second-order valence-corrected chi connectivity index (χ2v) is 4.40. The number of rotatable bonds is 7. The molecule has 0 amide bonds. The Kier molecular flexibility index (Phi) is 5.53. The standard InChI is InChI=1S/C13H21FN2O3/c1-13(8-15,12(18-3)19-4)16-11-7-9(17-2)5-6-10(11)14/h5-7,12,16H,8,15H2,1-4H3. The van der Waals surface area contributed by atoms with Crippen LogP contribution in [0.4, 0.5) is 10.1 Å². The van der Waals surface area contributed by atoms with Gasteiger partial charge in [0.05, 0.1) is 18.3 Å². The molecule has 0 aliphatic rings. The van der Waals surface area contributed by atoms with Gasteiger partial charge in [0.15, 0.2) is 6.29 Å². The molecule has 3 N–H and O–H groups in total. The van der Waals surface area contributed by atoms with E-state index in [2.05, 4.69) is 5.32 Å². The van der Waals surface area contributed by atoms with Gasteiger partial charge in [0.1, 0.15) is 11.6 Å². The Hall–Kier alpha value is -1.37. The lowest BCUT2D eigenvalue weighted by Crippen LogP contribution is -2.54. The monoisotopic (exact) mass is 272 g/mol. The van der Waals surface area contributed by atoms with E-state index in [4.69, 9.17) is 19.9 Å². The highest BCUT2D eigenvalue weighted by Gasteiger charge is 2.34. The summed E-state index contributed by atoms with van der Waals surface area (Å²) in [7, 11) is 4.53. The maximum atomic E-state index is 13.8. The highest BCUT2D eigenvalue weighted by Crippen LogP contribution is 2.26. The van der Waals surface area contributed by atoms with Gasteiger partial charge < -0.3 is 25.3 Å². The predicted octanol–water partition coefficient (Wildman–Crippen LogP) is 1.58. The highest BCUT2D eigenvalue weighted by molar-refractivity contribution is 5.51. The first-order chi connectivity index (χ1) is 9.00. The molecule has 0 fully saturated rings. The Morgan fingerprint density at radius 1 is 1.32 bits per heavy atom. The molecule has 5 nitrogen and oxygen atoms in total. The van der Waals surface area contributed by atoms with Crippen LogP contribution in [-0.4, -0.2) is 39.7 Å². The zero-order valence-electron chi connectivity index (χ0n) is 11.7. The third kappa shape index (κ3) is 3.56. The number of benzene rings is 1. The van der Waals surface area contributed by atoms with Crippen LogP contribution in [0.3, 0.4) is 0 Å². The van der Waals surface area contributed by atoms with E-state index in [1.165, 1.54) is 27.4 Å². The Balaban J connectivity index is 3.03. The van der Waals surface area contributed by atoms with E-state index < -0.39 is 17.6 Å². The zero-order valence-corrected chi connectivity index (χ0v) is 11.7. The summed E-state index contributed by atoms with van der Waals surface area (Å²) in [6.07, 6.45) is -0.608. The first kappa shape index (κ1) is 15.7. The van der Waals surface area contributed by atoms with Crippen LogP contribution < -0.4 is 15.8 Å². The molecule has 1 aromatic carbocycles. The van der Waals surface area contributed by atoms with Crippen LogP contribution in [0.5, 0.6) is 5.75 Å². The van der Waals surface area contributed by atoms with Crippen molar-refractivity contribution in [2.75, 3.05) is 33.2 Å². The molecule has 0 saturated heterocycles. The number of ether oxygens (including phenoxy) is 3. The van der Waals surface area contributed by atoms with Crippen LogP contribution >= 0.6 is 0 Å². The fourth-order valence-corrected chi connectivity index (χ4v) is 1.86. The van der Waals surface area contributed by atoms with Gasteiger partial charge in [-0.15, -0.1) is 0 Å². The van der Waals surface area contributed by atoms with E-state index in [9.17, 15) is 4.39 Å². The van der Waals surface area contributed by atoms with E-state index in [-0.39, 0.29) is 12.2 Å². The molecule has 6 heteroatoms. The summed E-state index contributed by atoms with van der Waals surface area (Å²) in [6, 6.07) is 4.43. The van der Waals surface area contributed by atoms with E-state index in [1.807, 2.05) is 0 Å². The third-order valence-electron chi connectivity index (χ3n) is 2.97. The minimum Gasteiger partial charge on any atom is -0.497 e. The summed E-state index contributed by atoms with van der Waals surface area (Å²) in [4.78, 5) is 0. The van der Waals surface area contributed by atoms with E-state index in [1.54, 1.807) is 19.1 Å². The average Bonchev–Trinajstić information content (AvgIpc) is 2.42. The number of halogens is 1. The van der Waals surface area contributed by atoms with E-state index in [0.29, 0.717) is 5.75 Å². The van der Waals surface area contributed by atoms with Crippen molar-refractivity contribution in [3.05, 3.63) is 24.0 Å². The molecule has 1 aromatic rings. The summed E-state index contributed by atoms with van der Waals surface area (Å²) < 4.78 is 29.3. The Labute approximate surface area is 112 Å². The van der Waals surface area contributed by atoms with Crippen LogP contribution in [0, 0.1) is 5.82 Å². The maximum Gasteiger partial charge on any atom is 0.180 e. The molecular formula is C13H21FN2O3. The van der Waals surface area contributed by atoms with Crippen molar-refractivity contribution in [1.29, 1.82) is 0 Å². The number of methoxy groups -OCH3 is 3. The van der Waals surface area contributed by atoms with Gasteiger partial charge in [0.2, 0.25) is 0 Å². The summed E-state index contributed by atoms with van der Waals surface area (Å²) in [5.41, 5.74) is 5.27. The lowest BCUT2D eigenvalue weighted by Gasteiger charge is -2.36. The molecule has 0 aliphatic heterocycles. The number of hydrogen-bond acceptors (Lipinski definition) is 5. The van der Waals surface area contributed by atoms with Gasteiger partial charge >= 0.3 is 0 Å². The van der Waals surface area contributed by atoms with E-state index in [0.717, 1.165) is 0 Å². The molecule has 1 unspecified atom stereocenters. The Morgan fingerprint density at radius 2 is 1.95 bits per heavy atom. The Morgan fingerprint density at radius 3 is 2.42 bits per heavy atom. The van der Waals surface area contributed by atoms with Gasteiger partial charge in [0.25, 0.3) is 0 Å². The van der Waals surface area contributed by atoms with Crippen molar-refractivity contribution in [1.82, 2.24) is 0 Å². The van der Waals surface area contributed by atoms with Crippen LogP contribution in [0.1, 0.15) is 6.92 Å². The topological polar surface area (TPSA) is 65.7 Å². The molecule has 0 heterocycles. The molecule has 108 valence electrons. The van der Waals surface area contributed by atoms with Crippen molar-refractivity contribution >= 4 is 5.69 Å². The van der Waals surface area contributed by atoms with Crippen molar-refractivity contribution in [2.45, 2.75) is 18.8 Å². The third-order valence-corrected chi connectivity index (χ3v) is 2.97. The summed E-state index contributed by atoms with van der Waals surface area (Å²) in [5, 5.41) is 3.02. The van der Waals surface area contributed by atoms with Gasteiger partial charge in [0, 0.05) is 26.8 Å². The normalized spacial score (nSPS) is 14.3. The largest absolute Gasteiger partial charge is 0.497 e. The van der Waals surface area contributed by atoms with Crippen molar-refractivity contribution < 1.29 is 18.6 Å². The van der Waals surface area contributed by atoms with Gasteiger partial charge in [-0.1, -0.05) is 0 Å². The highest BCUT2D eigenvalue weighted by atomic mass is 19.1. The fraction of sp³-hybridized carbons (Fsp3) is 0.538. The fourth-order valence-electron chi connectivity index (χ4n) is 1.86. The minimum atomic E-state index is -0.767. The first-order valence-corrected chi connectivity index (χ1v) is 5.88. The molecule has 0 aromatic heterocycles. The molecular weight excluding hydrogens is 251 g/mol. The van der Waals surface area contributed by atoms with Gasteiger partial charge in [-0.3, -0.25) is 0 Å². The quantitative estimate of drug-likeness (QED) is 0.738. The van der Waals surface area contributed by atoms with Crippen molar-refractivity contribution in [2.24, 2.45) is 5.73 Å². The van der Waals surface area contributed by atoms with Crippen molar-refractivity contribution in [3.8, 4) is 5.75 Å². The summed E-state index contributed by atoms with van der Waals surface area (Å²) in [6.45, 7) is 2.00. The Bertz CT molecular complexity index is 413. The molecule has 19 heavy (non-hydrogen) atoms. The van der Waals surface area contributed by atoms with Crippen LogP contribution in [-0.2, 0) is 9.47 Å². The number of nitrogens with two attached hydrogens (primary N) is 1. The van der Waals surface area contributed by atoms with Gasteiger partial charge in [-0.2, -0.15) is 0 Å². The van der Waals surface area contributed by atoms with E-state index >= 15 is 0 Å². The lowest BCUT2D eigenvalue weighted by molar-refractivity contribution is -0.134. The average molecular weight is 272 g/mol. The molecule has 0 saturated carbocycles. The number of anilines is 1. The lowest BCUT2D eigenvalue weighted by atomic mass is 10.0. The zero-order chi connectivity index (χ0) is 14.5. The van der Waals surface area contributed by atoms with Gasteiger partial charge in [-0.05, 0) is 19.1 Å². The summed E-state index contributed by atoms with van der Waals surface area (Å²) in [5.74, 6) is 0.154. The molecule has 0 spiro atoms. The van der Waals surface area contributed by atoms with Crippen LogP contribution in [0.25, 0.3) is 0 Å². The minimum absolute atomic E-state index is 0.204. The number of nitrogens with one attached hydrogen (secondary N) is 1. The second kappa shape index (κ2) is 6.70. The molecule has 0 bridgehead atoms. The van der Waals surface area contributed by atoms with Gasteiger partial charge in [-0.25, -0.2) is 4.39 Å². The van der Waals surface area contributed by atoms with Crippen LogP contribution in [0.15, 0.2) is 18.2 Å².